The molecule has 4 N–H and O–H groups in total. The van der Waals surface area contributed by atoms with E-state index in [1.54, 1.807) is 0 Å². The van der Waals surface area contributed by atoms with Gasteiger partial charge in [0.05, 0.1) is 5.69 Å². The molecule has 1 aliphatic carbocycles. The summed E-state index contributed by atoms with van der Waals surface area (Å²) in [4.78, 5) is 3.53. The van der Waals surface area contributed by atoms with Crippen molar-refractivity contribution in [2.45, 2.75) is 32.2 Å². The lowest BCUT2D eigenvalue weighted by atomic mass is 9.92. The predicted octanol–water partition coefficient (Wildman–Crippen LogP) is 2.10. The second kappa shape index (κ2) is 3.11. The minimum atomic E-state index is 0.460. The van der Waals surface area contributed by atoms with E-state index in [0.717, 1.165) is 0 Å². The maximum absolute atomic E-state index is 4.23. The van der Waals surface area contributed by atoms with Crippen molar-refractivity contribution in [2.75, 3.05) is 0 Å². The molecule has 2 aromatic rings. The molecule has 0 amide bonds. The molecule has 0 aliphatic heterocycles. The first kappa shape index (κ1) is 8.98. The third-order valence-corrected chi connectivity index (χ3v) is 3.48. The summed E-state index contributed by atoms with van der Waals surface area (Å²) in [7, 11) is 0. The van der Waals surface area contributed by atoms with Gasteiger partial charge in [-0.15, -0.1) is 0 Å². The van der Waals surface area contributed by atoms with Gasteiger partial charge in [0, 0.05) is 17.3 Å². The Morgan fingerprint density at radius 1 is 1.40 bits per heavy atom. The first-order valence-corrected chi connectivity index (χ1v) is 5.70. The monoisotopic (exact) mass is 201 g/mol. The molecule has 2 heteroatoms. The Kier molecular flexibility index (Phi) is 1.86. The molecule has 0 fully saturated rings. The Bertz CT molecular complexity index is 510. The number of nitrogens with one attached hydrogen (secondary N) is 1. The molecule has 1 atom stereocenters. The van der Waals surface area contributed by atoms with Crippen LogP contribution in [0.4, 0.5) is 0 Å². The summed E-state index contributed by atoms with van der Waals surface area (Å²) in [6, 6.07) is 7.11. The van der Waals surface area contributed by atoms with Crippen LogP contribution in [-0.4, -0.2) is 4.98 Å². The molecular formula is C13H17N2+. The van der Waals surface area contributed by atoms with Crippen molar-refractivity contribution in [1.82, 2.24) is 4.98 Å². The van der Waals surface area contributed by atoms with Gasteiger partial charge in [-0.2, -0.15) is 0 Å². The van der Waals surface area contributed by atoms with Crippen molar-refractivity contribution in [2.24, 2.45) is 0 Å². The van der Waals surface area contributed by atoms with Gasteiger partial charge in [0.25, 0.3) is 0 Å². The number of rotatable bonds is 0. The minimum Gasteiger partial charge on any atom is -0.353 e. The summed E-state index contributed by atoms with van der Waals surface area (Å²) in [6.45, 7) is 2.16. The van der Waals surface area contributed by atoms with Gasteiger partial charge in [0.1, 0.15) is 6.04 Å². The van der Waals surface area contributed by atoms with Crippen LogP contribution in [0, 0.1) is 6.92 Å². The maximum Gasteiger partial charge on any atom is 0.125 e. The number of aromatic nitrogens is 1. The van der Waals surface area contributed by atoms with Crippen molar-refractivity contribution in [3.8, 4) is 0 Å². The fraction of sp³-hybridized carbons (Fsp3) is 0.385. The second-order valence-electron chi connectivity index (χ2n) is 4.66. The smallest absolute Gasteiger partial charge is 0.125 e. The van der Waals surface area contributed by atoms with Crippen molar-refractivity contribution in [1.29, 1.82) is 0 Å². The van der Waals surface area contributed by atoms with E-state index in [4.69, 9.17) is 0 Å². The van der Waals surface area contributed by atoms with Crippen molar-refractivity contribution >= 4 is 10.9 Å². The first-order valence-electron chi connectivity index (χ1n) is 5.70. The molecule has 2 nitrogen and oxygen atoms in total. The van der Waals surface area contributed by atoms with E-state index in [1.165, 1.54) is 47.0 Å². The topological polar surface area (TPSA) is 43.4 Å². The predicted molar refractivity (Wildman–Crippen MR) is 61.6 cm³/mol. The highest BCUT2D eigenvalue weighted by Crippen LogP contribution is 2.32. The van der Waals surface area contributed by atoms with Gasteiger partial charge in [-0.3, -0.25) is 0 Å². The van der Waals surface area contributed by atoms with Gasteiger partial charge < -0.3 is 10.7 Å². The number of quaternary nitrogens is 1. The van der Waals surface area contributed by atoms with Crippen LogP contribution in [-0.2, 0) is 6.42 Å². The zero-order valence-corrected chi connectivity index (χ0v) is 9.14. The fourth-order valence-electron chi connectivity index (χ4n) is 2.67. The summed E-state index contributed by atoms with van der Waals surface area (Å²) in [5, 5.41) is 1.42. The third kappa shape index (κ3) is 1.29. The Morgan fingerprint density at radius 3 is 3.13 bits per heavy atom. The Labute approximate surface area is 89.5 Å². The van der Waals surface area contributed by atoms with Crippen LogP contribution >= 0.6 is 0 Å². The molecule has 0 saturated carbocycles. The molecule has 15 heavy (non-hydrogen) atoms. The number of fused-ring (bicyclic) bond motifs is 3. The maximum atomic E-state index is 4.23. The quantitative estimate of drug-likeness (QED) is 0.655. The number of H-pyrrole nitrogens is 1. The van der Waals surface area contributed by atoms with Gasteiger partial charge in [0.15, 0.2) is 0 Å². The number of aromatic amines is 1. The molecular weight excluding hydrogens is 184 g/mol. The SMILES string of the molecule is Cc1ccc2[nH]c3c(c2c1)CCC[C@H]3[NH3+]. The summed E-state index contributed by atoms with van der Waals surface area (Å²) in [6.07, 6.45) is 3.71. The zero-order valence-electron chi connectivity index (χ0n) is 9.14. The minimum absolute atomic E-state index is 0.460. The Morgan fingerprint density at radius 2 is 2.27 bits per heavy atom. The Balaban J connectivity index is 2.31. The number of hydrogen-bond acceptors (Lipinski definition) is 0. The lowest BCUT2D eigenvalue weighted by molar-refractivity contribution is -0.430. The van der Waals surface area contributed by atoms with E-state index in [9.17, 15) is 0 Å². The molecule has 0 bridgehead atoms. The average Bonchev–Trinajstić information content (AvgIpc) is 2.58. The van der Waals surface area contributed by atoms with Crippen LogP contribution in [0.5, 0.6) is 0 Å². The van der Waals surface area contributed by atoms with Crippen LogP contribution in [0.3, 0.4) is 0 Å². The average molecular weight is 201 g/mol. The van der Waals surface area contributed by atoms with Gasteiger partial charge in [-0.05, 0) is 37.5 Å². The third-order valence-electron chi connectivity index (χ3n) is 3.48. The normalized spacial score (nSPS) is 20.5. The molecule has 0 radical (unpaired) electrons. The van der Waals surface area contributed by atoms with E-state index < -0.39 is 0 Å². The highest BCUT2D eigenvalue weighted by Gasteiger charge is 2.23. The van der Waals surface area contributed by atoms with Crippen molar-refractivity contribution < 1.29 is 5.73 Å². The van der Waals surface area contributed by atoms with E-state index in [2.05, 4.69) is 35.8 Å². The van der Waals surface area contributed by atoms with Gasteiger partial charge in [0.2, 0.25) is 0 Å². The highest BCUT2D eigenvalue weighted by atomic mass is 14.8. The number of benzene rings is 1. The largest absolute Gasteiger partial charge is 0.353 e. The van der Waals surface area contributed by atoms with E-state index in [1.807, 2.05) is 0 Å². The summed E-state index contributed by atoms with van der Waals surface area (Å²) >= 11 is 0. The van der Waals surface area contributed by atoms with Crippen molar-refractivity contribution in [3.63, 3.8) is 0 Å². The second-order valence-corrected chi connectivity index (χ2v) is 4.66. The van der Waals surface area contributed by atoms with E-state index in [0.29, 0.717) is 6.04 Å². The molecule has 1 aromatic heterocycles. The lowest BCUT2D eigenvalue weighted by Crippen LogP contribution is -2.54. The first-order chi connectivity index (χ1) is 7.25. The standard InChI is InChI=1S/C13H16N2/c1-8-5-6-12-10(7-8)9-3-2-4-11(14)13(9)15-12/h5-7,11,15H,2-4,14H2,1H3/p+1/t11-/m1/s1. The summed E-state index contributed by atoms with van der Waals surface area (Å²) in [5.41, 5.74) is 9.74. The van der Waals surface area contributed by atoms with Gasteiger partial charge in [-0.25, -0.2) is 0 Å². The molecule has 1 aromatic carbocycles. The molecule has 1 aliphatic rings. The van der Waals surface area contributed by atoms with E-state index in [-0.39, 0.29) is 0 Å². The van der Waals surface area contributed by atoms with Crippen LogP contribution in [0.1, 0.15) is 35.7 Å². The van der Waals surface area contributed by atoms with Crippen LogP contribution in [0.2, 0.25) is 0 Å². The van der Waals surface area contributed by atoms with E-state index >= 15 is 0 Å². The highest BCUT2D eigenvalue weighted by molar-refractivity contribution is 5.85. The van der Waals surface area contributed by atoms with Crippen LogP contribution in [0.15, 0.2) is 18.2 Å². The van der Waals surface area contributed by atoms with Crippen LogP contribution in [0.25, 0.3) is 10.9 Å². The van der Waals surface area contributed by atoms with Gasteiger partial charge >= 0.3 is 0 Å². The molecule has 0 unspecified atom stereocenters. The lowest BCUT2D eigenvalue weighted by Gasteiger charge is -2.15. The molecule has 3 rings (SSSR count). The molecule has 78 valence electrons. The van der Waals surface area contributed by atoms with Crippen LogP contribution < -0.4 is 5.73 Å². The molecule has 1 heterocycles. The summed E-state index contributed by atoms with van der Waals surface area (Å²) < 4.78 is 0. The number of aryl methyl sites for hydroxylation is 2. The number of hydrogen-bond donors (Lipinski definition) is 2. The zero-order chi connectivity index (χ0) is 10.4. The Hall–Kier alpha value is -1.28. The van der Waals surface area contributed by atoms with Gasteiger partial charge in [-0.1, -0.05) is 11.6 Å². The fourth-order valence-corrected chi connectivity index (χ4v) is 2.67. The molecule has 0 spiro atoms. The van der Waals surface area contributed by atoms with Crippen molar-refractivity contribution in [3.05, 3.63) is 35.0 Å². The molecule has 0 saturated heterocycles. The summed E-state index contributed by atoms with van der Waals surface area (Å²) in [5.74, 6) is 0.